The van der Waals surface area contributed by atoms with Crippen LogP contribution in [0.4, 0.5) is 0 Å². The number of hydrogen-bond acceptors (Lipinski definition) is 3. The van der Waals surface area contributed by atoms with E-state index in [0.29, 0.717) is 17.1 Å². The number of aromatic nitrogens is 3. The number of carbonyl (C=O) groups is 1. The average Bonchev–Trinajstić information content (AvgIpc) is 2.57. The average molecular weight is 250 g/mol. The van der Waals surface area contributed by atoms with Crippen LogP contribution in [0.25, 0.3) is 0 Å². The summed E-state index contributed by atoms with van der Waals surface area (Å²) < 4.78 is 1.72. The quantitative estimate of drug-likeness (QED) is 0.619. The molecule has 2 heterocycles. The molecule has 0 atom stereocenters. The largest absolute Gasteiger partial charge is 0.294 e. The first-order valence-corrected chi connectivity index (χ1v) is 5.58. The third-order valence-corrected chi connectivity index (χ3v) is 2.70. The summed E-state index contributed by atoms with van der Waals surface area (Å²) in [5.74, 6) is 0.0114. The van der Waals surface area contributed by atoms with Crippen molar-refractivity contribution in [3.05, 3.63) is 46.5 Å². The molecular formula is C12H12ClN3O. The van der Waals surface area contributed by atoms with Gasteiger partial charge in [0.2, 0.25) is 0 Å². The number of nitrogens with zero attached hydrogens (tertiary/aromatic N) is 3. The van der Waals surface area contributed by atoms with Crippen LogP contribution in [0.1, 0.15) is 21.7 Å². The van der Waals surface area contributed by atoms with E-state index in [4.69, 9.17) is 11.6 Å². The monoisotopic (exact) mass is 249 g/mol. The zero-order valence-electron chi connectivity index (χ0n) is 9.64. The first kappa shape index (κ1) is 11.8. The number of ketones is 1. The van der Waals surface area contributed by atoms with E-state index < -0.39 is 0 Å². The number of rotatable bonds is 3. The van der Waals surface area contributed by atoms with Gasteiger partial charge in [0, 0.05) is 24.5 Å². The Bertz CT molecular complexity index is 563. The van der Waals surface area contributed by atoms with Crippen LogP contribution >= 0.6 is 11.6 Å². The van der Waals surface area contributed by atoms with Gasteiger partial charge >= 0.3 is 0 Å². The zero-order chi connectivity index (χ0) is 12.4. The maximum absolute atomic E-state index is 12.0. The first-order valence-electron chi connectivity index (χ1n) is 5.20. The standard InChI is InChI=1S/C12H12ClN3O/c1-8-5-10(16(2)15-8)7-11(17)9-3-4-14-12(13)6-9/h3-6H,7H2,1-2H3. The second-order valence-corrected chi connectivity index (χ2v) is 4.26. The normalized spacial score (nSPS) is 10.5. The van der Waals surface area contributed by atoms with E-state index in [9.17, 15) is 4.79 Å². The molecule has 2 rings (SSSR count). The molecule has 0 aliphatic heterocycles. The Hall–Kier alpha value is -1.68. The topological polar surface area (TPSA) is 47.8 Å². The summed E-state index contributed by atoms with van der Waals surface area (Å²) in [6, 6.07) is 5.14. The molecule has 0 N–H and O–H groups in total. The van der Waals surface area contributed by atoms with Crippen molar-refractivity contribution in [2.75, 3.05) is 0 Å². The zero-order valence-corrected chi connectivity index (χ0v) is 10.4. The van der Waals surface area contributed by atoms with Crippen LogP contribution in [0, 0.1) is 6.92 Å². The Morgan fingerprint density at radius 2 is 2.24 bits per heavy atom. The van der Waals surface area contributed by atoms with Gasteiger partial charge in [-0.1, -0.05) is 11.6 Å². The molecule has 0 spiro atoms. The summed E-state index contributed by atoms with van der Waals surface area (Å²) in [6.45, 7) is 1.90. The smallest absolute Gasteiger partial charge is 0.168 e. The Labute approximate surface area is 104 Å². The van der Waals surface area contributed by atoms with Gasteiger partial charge in [-0.2, -0.15) is 5.10 Å². The number of Topliss-reactive ketones (excluding diaryl/α,β-unsaturated/α-hetero) is 1. The van der Waals surface area contributed by atoms with Gasteiger partial charge in [-0.3, -0.25) is 9.48 Å². The molecule has 2 aromatic rings. The third kappa shape index (κ3) is 2.71. The molecule has 5 heteroatoms. The molecule has 0 fully saturated rings. The Morgan fingerprint density at radius 1 is 1.47 bits per heavy atom. The SMILES string of the molecule is Cc1cc(CC(=O)c2ccnc(Cl)c2)n(C)n1. The van der Waals surface area contributed by atoms with Gasteiger partial charge in [-0.15, -0.1) is 0 Å². The van der Waals surface area contributed by atoms with Crippen LogP contribution in [0.2, 0.25) is 5.15 Å². The fraction of sp³-hybridized carbons (Fsp3) is 0.250. The molecule has 0 aliphatic rings. The van der Waals surface area contributed by atoms with E-state index in [1.165, 1.54) is 6.20 Å². The number of halogens is 1. The van der Waals surface area contributed by atoms with Crippen molar-refractivity contribution in [3.63, 3.8) is 0 Å². The van der Waals surface area contributed by atoms with Crippen molar-refractivity contribution in [2.24, 2.45) is 7.05 Å². The molecule has 0 radical (unpaired) electrons. The van der Waals surface area contributed by atoms with Gasteiger partial charge in [0.05, 0.1) is 12.1 Å². The molecule has 0 unspecified atom stereocenters. The molecule has 0 aliphatic carbocycles. The van der Waals surface area contributed by atoms with Crippen LogP contribution in [0.3, 0.4) is 0 Å². The van der Waals surface area contributed by atoms with Gasteiger partial charge in [0.15, 0.2) is 5.78 Å². The van der Waals surface area contributed by atoms with Crippen molar-refractivity contribution in [2.45, 2.75) is 13.3 Å². The first-order chi connectivity index (χ1) is 8.06. The van der Waals surface area contributed by atoms with Crippen molar-refractivity contribution >= 4 is 17.4 Å². The minimum Gasteiger partial charge on any atom is -0.294 e. The maximum atomic E-state index is 12.0. The highest BCUT2D eigenvalue weighted by Gasteiger charge is 2.11. The number of carbonyl (C=O) groups excluding carboxylic acids is 1. The van der Waals surface area contributed by atoms with Gasteiger partial charge in [0.1, 0.15) is 5.15 Å². The van der Waals surface area contributed by atoms with E-state index >= 15 is 0 Å². The van der Waals surface area contributed by atoms with Crippen LogP contribution in [0.5, 0.6) is 0 Å². The summed E-state index contributed by atoms with van der Waals surface area (Å²) >= 11 is 5.75. The van der Waals surface area contributed by atoms with Crippen LogP contribution in [0.15, 0.2) is 24.4 Å². The molecular weight excluding hydrogens is 238 g/mol. The predicted molar refractivity (Wildman–Crippen MR) is 65.2 cm³/mol. The van der Waals surface area contributed by atoms with Gasteiger partial charge < -0.3 is 0 Å². The molecule has 0 amide bonds. The second-order valence-electron chi connectivity index (χ2n) is 3.87. The number of hydrogen-bond donors (Lipinski definition) is 0. The van der Waals surface area contributed by atoms with E-state index in [1.807, 2.05) is 20.0 Å². The second kappa shape index (κ2) is 4.67. The highest BCUT2D eigenvalue weighted by Crippen LogP contribution is 2.11. The lowest BCUT2D eigenvalue weighted by Crippen LogP contribution is -2.08. The molecule has 0 saturated heterocycles. The van der Waals surface area contributed by atoms with Crippen molar-refractivity contribution in [3.8, 4) is 0 Å². The maximum Gasteiger partial charge on any atom is 0.168 e. The lowest BCUT2D eigenvalue weighted by molar-refractivity contribution is 0.0990. The third-order valence-electron chi connectivity index (χ3n) is 2.49. The van der Waals surface area contributed by atoms with E-state index in [1.54, 1.807) is 16.8 Å². The predicted octanol–water partition coefficient (Wildman–Crippen LogP) is 2.20. The molecule has 2 aromatic heterocycles. The summed E-state index contributed by atoms with van der Waals surface area (Å²) in [5.41, 5.74) is 2.37. The Kier molecular flexibility index (Phi) is 3.24. The van der Waals surface area contributed by atoms with Gasteiger partial charge in [0.25, 0.3) is 0 Å². The highest BCUT2D eigenvalue weighted by atomic mass is 35.5. The van der Waals surface area contributed by atoms with Crippen molar-refractivity contribution in [1.82, 2.24) is 14.8 Å². The molecule has 17 heavy (non-hydrogen) atoms. The van der Waals surface area contributed by atoms with E-state index in [-0.39, 0.29) is 5.78 Å². The van der Waals surface area contributed by atoms with E-state index in [0.717, 1.165) is 11.4 Å². The van der Waals surface area contributed by atoms with E-state index in [2.05, 4.69) is 10.1 Å². The number of aryl methyl sites for hydroxylation is 2. The van der Waals surface area contributed by atoms with Crippen LogP contribution in [-0.2, 0) is 13.5 Å². The van der Waals surface area contributed by atoms with Crippen molar-refractivity contribution < 1.29 is 4.79 Å². The Morgan fingerprint density at radius 3 is 2.82 bits per heavy atom. The molecule has 0 bridgehead atoms. The van der Waals surface area contributed by atoms with Crippen molar-refractivity contribution in [1.29, 1.82) is 0 Å². The minimum atomic E-state index is 0.0114. The molecule has 0 aromatic carbocycles. The highest BCUT2D eigenvalue weighted by molar-refractivity contribution is 6.29. The van der Waals surface area contributed by atoms with Crippen LogP contribution < -0.4 is 0 Å². The lowest BCUT2D eigenvalue weighted by Gasteiger charge is -2.01. The summed E-state index contributed by atoms with van der Waals surface area (Å²) in [7, 11) is 1.83. The molecule has 4 nitrogen and oxygen atoms in total. The molecule has 88 valence electrons. The summed E-state index contributed by atoms with van der Waals surface area (Å²) in [5, 5.41) is 4.53. The summed E-state index contributed by atoms with van der Waals surface area (Å²) in [6.07, 6.45) is 1.85. The van der Waals surface area contributed by atoms with Crippen LogP contribution in [-0.4, -0.2) is 20.5 Å². The Balaban J connectivity index is 2.20. The van der Waals surface area contributed by atoms with Gasteiger partial charge in [-0.05, 0) is 25.1 Å². The summed E-state index contributed by atoms with van der Waals surface area (Å²) in [4.78, 5) is 15.8. The fourth-order valence-corrected chi connectivity index (χ4v) is 1.85. The molecule has 0 saturated carbocycles. The number of pyridine rings is 1. The lowest BCUT2D eigenvalue weighted by atomic mass is 10.1. The van der Waals surface area contributed by atoms with Gasteiger partial charge in [-0.25, -0.2) is 4.98 Å². The fourth-order valence-electron chi connectivity index (χ4n) is 1.67. The minimum absolute atomic E-state index is 0.0114.